The molecular formula is C16H15NO3S. The van der Waals surface area contributed by atoms with Gasteiger partial charge in [0.05, 0.1) is 11.1 Å². The van der Waals surface area contributed by atoms with Crippen molar-refractivity contribution in [2.45, 2.75) is 6.92 Å². The molecule has 4 nitrogen and oxygen atoms in total. The summed E-state index contributed by atoms with van der Waals surface area (Å²) in [6.07, 6.45) is 1.50. The van der Waals surface area contributed by atoms with Gasteiger partial charge in [-0.2, -0.15) is 0 Å². The van der Waals surface area contributed by atoms with E-state index < -0.39 is 10.0 Å². The van der Waals surface area contributed by atoms with E-state index in [0.717, 1.165) is 11.0 Å². The largest absolute Gasteiger partial charge is 0.294 e. The number of rotatable bonds is 5. The third-order valence-corrected chi connectivity index (χ3v) is 3.80. The molecule has 2 rings (SSSR count). The average molecular weight is 301 g/mol. The molecule has 108 valence electrons. The number of hydrogen-bond acceptors (Lipinski definition) is 3. The topological polar surface area (TPSA) is 63.2 Å². The smallest absolute Gasteiger partial charge is 0.255 e. The van der Waals surface area contributed by atoms with Crippen LogP contribution < -0.4 is 4.72 Å². The fourth-order valence-corrected chi connectivity index (χ4v) is 2.69. The number of hydrogen-bond donors (Lipinski definition) is 1. The minimum absolute atomic E-state index is 0.194. The highest BCUT2D eigenvalue weighted by Crippen LogP contribution is 2.17. The number of ketones is 1. The van der Waals surface area contributed by atoms with Crippen LogP contribution in [0.5, 0.6) is 0 Å². The molecule has 0 atom stereocenters. The van der Waals surface area contributed by atoms with E-state index in [1.165, 1.54) is 13.0 Å². The molecule has 5 heteroatoms. The molecular weight excluding hydrogens is 286 g/mol. The highest BCUT2D eigenvalue weighted by atomic mass is 32.2. The van der Waals surface area contributed by atoms with Gasteiger partial charge in [0.15, 0.2) is 5.78 Å². The monoisotopic (exact) mass is 301 g/mol. The van der Waals surface area contributed by atoms with Gasteiger partial charge in [0, 0.05) is 5.56 Å². The fourth-order valence-electron chi connectivity index (χ4n) is 1.80. The van der Waals surface area contributed by atoms with Gasteiger partial charge in [-0.1, -0.05) is 42.5 Å². The van der Waals surface area contributed by atoms with Crippen LogP contribution in [0.15, 0.2) is 60.0 Å². The minimum atomic E-state index is -3.67. The molecule has 2 aromatic rings. The number of sulfonamides is 1. The maximum absolute atomic E-state index is 12.0. The summed E-state index contributed by atoms with van der Waals surface area (Å²) in [5.74, 6) is -0.194. The first-order valence-corrected chi connectivity index (χ1v) is 7.88. The molecule has 0 amide bonds. The van der Waals surface area contributed by atoms with E-state index in [1.807, 2.05) is 18.2 Å². The van der Waals surface area contributed by atoms with Crippen molar-refractivity contribution in [3.63, 3.8) is 0 Å². The van der Waals surface area contributed by atoms with Gasteiger partial charge in [-0.3, -0.25) is 9.52 Å². The highest BCUT2D eigenvalue weighted by molar-refractivity contribution is 7.95. The Morgan fingerprint density at radius 3 is 2.29 bits per heavy atom. The molecule has 1 N–H and O–H groups in total. The second-order valence-corrected chi connectivity index (χ2v) is 6.03. The summed E-state index contributed by atoms with van der Waals surface area (Å²) in [5.41, 5.74) is 1.40. The number of benzene rings is 2. The average Bonchev–Trinajstić information content (AvgIpc) is 2.46. The molecule has 0 heterocycles. The van der Waals surface area contributed by atoms with Gasteiger partial charge in [-0.15, -0.1) is 0 Å². The van der Waals surface area contributed by atoms with E-state index >= 15 is 0 Å². The van der Waals surface area contributed by atoms with Crippen molar-refractivity contribution in [2.24, 2.45) is 0 Å². The molecule has 2 aromatic carbocycles. The Labute approximate surface area is 124 Å². The van der Waals surface area contributed by atoms with Gasteiger partial charge in [0.2, 0.25) is 0 Å². The van der Waals surface area contributed by atoms with E-state index in [2.05, 4.69) is 4.72 Å². The first-order chi connectivity index (χ1) is 9.98. The molecule has 0 aromatic heterocycles. The quantitative estimate of drug-likeness (QED) is 0.862. The van der Waals surface area contributed by atoms with E-state index in [0.29, 0.717) is 5.56 Å². The van der Waals surface area contributed by atoms with E-state index in [4.69, 9.17) is 0 Å². The van der Waals surface area contributed by atoms with Crippen LogP contribution in [0.25, 0.3) is 6.08 Å². The molecule has 0 unspecified atom stereocenters. The Balaban J connectivity index is 2.23. The molecule has 0 aliphatic rings. The van der Waals surface area contributed by atoms with Crippen molar-refractivity contribution in [2.75, 3.05) is 4.72 Å². The van der Waals surface area contributed by atoms with Crippen molar-refractivity contribution >= 4 is 27.6 Å². The van der Waals surface area contributed by atoms with E-state index in [-0.39, 0.29) is 11.5 Å². The Morgan fingerprint density at radius 1 is 1.00 bits per heavy atom. The summed E-state index contributed by atoms with van der Waals surface area (Å²) in [6.45, 7) is 1.40. The minimum Gasteiger partial charge on any atom is -0.294 e. The molecule has 0 fully saturated rings. The zero-order valence-electron chi connectivity index (χ0n) is 11.5. The molecule has 0 spiro atoms. The first-order valence-electron chi connectivity index (χ1n) is 6.34. The van der Waals surface area contributed by atoms with Gasteiger partial charge >= 0.3 is 0 Å². The first kappa shape index (κ1) is 15.0. The van der Waals surface area contributed by atoms with Gasteiger partial charge in [0.25, 0.3) is 10.0 Å². The maximum Gasteiger partial charge on any atom is 0.255 e. The number of carbonyl (C=O) groups is 1. The Morgan fingerprint density at radius 2 is 1.62 bits per heavy atom. The lowest BCUT2D eigenvalue weighted by Crippen LogP contribution is -2.11. The zero-order chi connectivity index (χ0) is 15.3. The zero-order valence-corrected chi connectivity index (χ0v) is 12.3. The van der Waals surface area contributed by atoms with Crippen LogP contribution in [0.2, 0.25) is 0 Å². The maximum atomic E-state index is 12.0. The number of carbonyl (C=O) groups excluding carboxylic acids is 1. The molecule has 0 bridgehead atoms. The van der Waals surface area contributed by atoms with Crippen molar-refractivity contribution in [1.29, 1.82) is 0 Å². The predicted molar refractivity (Wildman–Crippen MR) is 84.5 cm³/mol. The lowest BCUT2D eigenvalue weighted by atomic mass is 10.1. The Bertz CT molecular complexity index is 765. The molecule has 0 aliphatic heterocycles. The predicted octanol–water partition coefficient (Wildman–Crippen LogP) is 3.30. The lowest BCUT2D eigenvalue weighted by Gasteiger charge is -2.08. The van der Waals surface area contributed by atoms with E-state index in [1.54, 1.807) is 36.4 Å². The fraction of sp³-hybridized carbons (Fsp3) is 0.0625. The standard InChI is InChI=1S/C16H15NO3S/c1-13(18)15-9-5-6-10-16(15)17-21(19,20)12-11-14-7-3-2-4-8-14/h2-12,17H,1H3/b12-11+. The molecule has 0 saturated carbocycles. The third-order valence-electron chi connectivity index (χ3n) is 2.80. The molecule has 21 heavy (non-hydrogen) atoms. The van der Waals surface area contributed by atoms with Crippen molar-refractivity contribution in [1.82, 2.24) is 0 Å². The van der Waals surface area contributed by atoms with Crippen LogP contribution in [-0.2, 0) is 10.0 Å². The highest BCUT2D eigenvalue weighted by Gasteiger charge is 2.11. The second kappa shape index (κ2) is 6.37. The molecule has 0 aliphatic carbocycles. The second-order valence-electron chi connectivity index (χ2n) is 4.46. The van der Waals surface area contributed by atoms with Gasteiger partial charge in [0.1, 0.15) is 0 Å². The van der Waals surface area contributed by atoms with E-state index in [9.17, 15) is 13.2 Å². The number of nitrogens with one attached hydrogen (secondary N) is 1. The SMILES string of the molecule is CC(=O)c1ccccc1NS(=O)(=O)/C=C/c1ccccc1. The van der Waals surface area contributed by atoms with Crippen LogP contribution in [0.4, 0.5) is 5.69 Å². The van der Waals surface area contributed by atoms with Crippen LogP contribution in [-0.4, -0.2) is 14.2 Å². The Kier molecular flexibility index (Phi) is 4.55. The summed E-state index contributed by atoms with van der Waals surface area (Å²) in [4.78, 5) is 11.5. The number of Topliss-reactive ketones (excluding diaryl/α,β-unsaturated/α-hetero) is 1. The summed E-state index contributed by atoms with van der Waals surface area (Å²) < 4.78 is 26.5. The Hall–Kier alpha value is -2.40. The number of para-hydroxylation sites is 1. The van der Waals surface area contributed by atoms with Crippen LogP contribution in [0, 0.1) is 0 Å². The van der Waals surface area contributed by atoms with Gasteiger partial charge < -0.3 is 0 Å². The summed E-state index contributed by atoms with van der Waals surface area (Å²) in [6, 6.07) is 15.6. The summed E-state index contributed by atoms with van der Waals surface area (Å²) >= 11 is 0. The summed E-state index contributed by atoms with van der Waals surface area (Å²) in [5, 5.41) is 1.08. The summed E-state index contributed by atoms with van der Waals surface area (Å²) in [7, 11) is -3.67. The third kappa shape index (κ3) is 4.29. The van der Waals surface area contributed by atoms with Gasteiger partial charge in [-0.05, 0) is 30.7 Å². The molecule has 0 radical (unpaired) electrons. The van der Waals surface area contributed by atoms with Crippen molar-refractivity contribution < 1.29 is 13.2 Å². The van der Waals surface area contributed by atoms with Crippen molar-refractivity contribution in [3.05, 3.63) is 71.1 Å². The molecule has 0 saturated heterocycles. The van der Waals surface area contributed by atoms with Crippen molar-refractivity contribution in [3.8, 4) is 0 Å². The number of anilines is 1. The van der Waals surface area contributed by atoms with Gasteiger partial charge in [-0.25, -0.2) is 8.42 Å². The lowest BCUT2D eigenvalue weighted by molar-refractivity contribution is 0.101. The van der Waals surface area contributed by atoms with Crippen LogP contribution in [0.3, 0.4) is 0 Å². The van der Waals surface area contributed by atoms with Crippen LogP contribution >= 0.6 is 0 Å². The van der Waals surface area contributed by atoms with Crippen LogP contribution in [0.1, 0.15) is 22.8 Å². The normalized spacial score (nSPS) is 11.5.